The van der Waals surface area contributed by atoms with Crippen LogP contribution in [0.15, 0.2) is 66.7 Å². The minimum atomic E-state index is -4.66. The van der Waals surface area contributed by atoms with Crippen molar-refractivity contribution in [3.05, 3.63) is 94.0 Å². The van der Waals surface area contributed by atoms with Crippen LogP contribution in [0, 0.1) is 0 Å². The molecule has 11 heteroatoms. The molecule has 0 radical (unpaired) electrons. The Bertz CT molecular complexity index is 1350. The molecule has 6 nitrogen and oxygen atoms in total. The van der Waals surface area contributed by atoms with E-state index in [4.69, 9.17) is 16.3 Å². The molecule has 0 aliphatic carbocycles. The largest absolute Gasteiger partial charge is 0.492 e. The average Bonchev–Trinajstić information content (AvgIpc) is 2.86. The molecule has 0 saturated heterocycles. The fourth-order valence-corrected chi connectivity index (χ4v) is 4.83. The highest BCUT2D eigenvalue weighted by molar-refractivity contribution is 7.92. The second-order valence-corrected chi connectivity index (χ2v) is 10.9. The summed E-state index contributed by atoms with van der Waals surface area (Å²) in [6.07, 6.45) is -1.72. The summed E-state index contributed by atoms with van der Waals surface area (Å²) in [6.45, 7) is 2.39. The topological polar surface area (TPSA) is 75.7 Å². The van der Waals surface area contributed by atoms with E-state index in [2.05, 4.69) is 12.2 Å². The standard InChI is InChI=1S/C27H28ClF3N2O4S/c1-3-4-19-7-12-23(13-8-19)37-16-15-32-26(34)21-9-5-20(6-10-21)18-33(38(2,35)36)25-17-22(27(29,30)31)11-14-24(25)28/h5-14,17H,3-4,15-16,18H2,1-2H3,(H,32,34). The predicted octanol–water partition coefficient (Wildman–Crippen LogP) is 6.09. The number of rotatable bonds is 11. The van der Waals surface area contributed by atoms with E-state index in [1.807, 2.05) is 24.3 Å². The summed E-state index contributed by atoms with van der Waals surface area (Å²) < 4.78 is 70.9. The maximum atomic E-state index is 13.2. The first-order valence-corrected chi connectivity index (χ1v) is 14.0. The quantitative estimate of drug-likeness (QED) is 0.284. The number of aryl methyl sites for hydroxylation is 1. The molecule has 3 aromatic carbocycles. The van der Waals surface area contributed by atoms with E-state index in [0.29, 0.717) is 22.9 Å². The molecule has 1 amide bonds. The van der Waals surface area contributed by atoms with E-state index < -0.39 is 21.8 Å². The average molecular weight is 569 g/mol. The first-order valence-electron chi connectivity index (χ1n) is 11.8. The molecule has 0 aliphatic rings. The van der Waals surface area contributed by atoms with Gasteiger partial charge >= 0.3 is 6.18 Å². The Hall–Kier alpha value is -3.24. The summed E-state index contributed by atoms with van der Waals surface area (Å²) in [7, 11) is -3.98. The van der Waals surface area contributed by atoms with Crippen LogP contribution in [0.5, 0.6) is 5.75 Å². The fourth-order valence-electron chi connectivity index (χ4n) is 3.67. The third kappa shape index (κ3) is 8.13. The summed E-state index contributed by atoms with van der Waals surface area (Å²) in [5.41, 5.74) is 0.714. The summed E-state index contributed by atoms with van der Waals surface area (Å²) in [6, 6.07) is 16.4. The van der Waals surface area contributed by atoms with Crippen molar-refractivity contribution >= 4 is 33.2 Å². The third-order valence-electron chi connectivity index (χ3n) is 5.60. The van der Waals surface area contributed by atoms with Crippen LogP contribution in [-0.4, -0.2) is 33.7 Å². The maximum Gasteiger partial charge on any atom is 0.416 e. The van der Waals surface area contributed by atoms with E-state index in [0.717, 1.165) is 35.5 Å². The number of alkyl halides is 3. The molecule has 1 N–H and O–H groups in total. The molecule has 38 heavy (non-hydrogen) atoms. The van der Waals surface area contributed by atoms with Crippen molar-refractivity contribution < 1.29 is 31.1 Å². The van der Waals surface area contributed by atoms with Gasteiger partial charge in [-0.15, -0.1) is 0 Å². The van der Waals surface area contributed by atoms with E-state index in [9.17, 15) is 26.4 Å². The Morgan fingerprint density at radius 3 is 2.21 bits per heavy atom. The highest BCUT2D eigenvalue weighted by Crippen LogP contribution is 2.36. The molecule has 0 bridgehead atoms. The van der Waals surface area contributed by atoms with Gasteiger partial charge in [0.05, 0.1) is 35.6 Å². The van der Waals surface area contributed by atoms with Gasteiger partial charge < -0.3 is 10.1 Å². The number of hydrogen-bond acceptors (Lipinski definition) is 4. The highest BCUT2D eigenvalue weighted by Gasteiger charge is 2.32. The fraction of sp³-hybridized carbons (Fsp3) is 0.296. The molecule has 0 unspecified atom stereocenters. The normalized spacial score (nSPS) is 11.7. The van der Waals surface area contributed by atoms with Gasteiger partial charge in [0.2, 0.25) is 10.0 Å². The van der Waals surface area contributed by atoms with Crippen LogP contribution in [0.3, 0.4) is 0 Å². The molecule has 0 aliphatic heterocycles. The van der Waals surface area contributed by atoms with Gasteiger partial charge in [-0.2, -0.15) is 13.2 Å². The molecule has 0 saturated carbocycles. The number of halogens is 4. The summed E-state index contributed by atoms with van der Waals surface area (Å²) >= 11 is 6.06. The zero-order chi connectivity index (χ0) is 27.9. The van der Waals surface area contributed by atoms with Crippen molar-refractivity contribution in [1.82, 2.24) is 5.32 Å². The summed E-state index contributed by atoms with van der Waals surface area (Å²) in [5, 5.41) is 2.60. The lowest BCUT2D eigenvalue weighted by atomic mass is 10.1. The van der Waals surface area contributed by atoms with Gasteiger partial charge in [-0.05, 0) is 60.0 Å². The van der Waals surface area contributed by atoms with Gasteiger partial charge in [-0.1, -0.05) is 49.2 Å². The molecule has 0 aromatic heterocycles. The number of hydrogen-bond donors (Lipinski definition) is 1. The number of ether oxygens (including phenoxy) is 1. The molecular formula is C27H28ClF3N2O4S. The van der Waals surface area contributed by atoms with Crippen LogP contribution in [0.4, 0.5) is 18.9 Å². The van der Waals surface area contributed by atoms with Crippen molar-refractivity contribution in [2.24, 2.45) is 0 Å². The van der Waals surface area contributed by atoms with Gasteiger partial charge in [-0.3, -0.25) is 9.10 Å². The highest BCUT2D eigenvalue weighted by atomic mass is 35.5. The number of nitrogens with one attached hydrogen (secondary N) is 1. The maximum absolute atomic E-state index is 13.2. The minimum Gasteiger partial charge on any atom is -0.492 e. The van der Waals surface area contributed by atoms with Crippen molar-refractivity contribution in [1.29, 1.82) is 0 Å². The SMILES string of the molecule is CCCc1ccc(OCCNC(=O)c2ccc(CN(c3cc(C(F)(F)F)ccc3Cl)S(C)(=O)=O)cc2)cc1. The number of benzene rings is 3. The van der Waals surface area contributed by atoms with Crippen molar-refractivity contribution in [3.63, 3.8) is 0 Å². The van der Waals surface area contributed by atoms with Crippen LogP contribution in [0.1, 0.15) is 40.4 Å². The molecule has 3 aromatic rings. The minimum absolute atomic E-state index is 0.140. The molecule has 0 heterocycles. The molecular weight excluding hydrogens is 541 g/mol. The van der Waals surface area contributed by atoms with E-state index in [1.165, 1.54) is 29.8 Å². The van der Waals surface area contributed by atoms with Crippen LogP contribution in [-0.2, 0) is 29.2 Å². The van der Waals surface area contributed by atoms with Gasteiger partial charge in [0.1, 0.15) is 12.4 Å². The lowest BCUT2D eigenvalue weighted by Crippen LogP contribution is -2.30. The van der Waals surface area contributed by atoms with Gasteiger partial charge in [0.15, 0.2) is 0 Å². The number of amides is 1. The number of anilines is 1. The molecule has 0 atom stereocenters. The van der Waals surface area contributed by atoms with Gasteiger partial charge in [0.25, 0.3) is 5.91 Å². The second kappa shape index (κ2) is 12.5. The molecule has 0 fully saturated rings. The van der Waals surface area contributed by atoms with Crippen LogP contribution < -0.4 is 14.4 Å². The lowest BCUT2D eigenvalue weighted by molar-refractivity contribution is -0.137. The Balaban J connectivity index is 1.62. The zero-order valence-electron chi connectivity index (χ0n) is 20.9. The van der Waals surface area contributed by atoms with Crippen molar-refractivity contribution in [3.8, 4) is 5.75 Å². The number of carbonyl (C=O) groups is 1. The van der Waals surface area contributed by atoms with E-state index in [1.54, 1.807) is 0 Å². The molecule has 0 spiro atoms. The first kappa shape index (κ1) is 29.3. The molecule has 3 rings (SSSR count). The van der Waals surface area contributed by atoms with Crippen LogP contribution >= 0.6 is 11.6 Å². The van der Waals surface area contributed by atoms with Crippen LogP contribution in [0.25, 0.3) is 0 Å². The molecule has 204 valence electrons. The number of nitrogens with zero attached hydrogens (tertiary/aromatic N) is 1. The zero-order valence-corrected chi connectivity index (χ0v) is 22.5. The van der Waals surface area contributed by atoms with E-state index in [-0.39, 0.29) is 36.3 Å². The van der Waals surface area contributed by atoms with E-state index >= 15 is 0 Å². The van der Waals surface area contributed by atoms with Gasteiger partial charge in [-0.25, -0.2) is 8.42 Å². The monoisotopic (exact) mass is 568 g/mol. The second-order valence-electron chi connectivity index (χ2n) is 8.63. The Morgan fingerprint density at radius 2 is 1.63 bits per heavy atom. The summed E-state index contributed by atoms with van der Waals surface area (Å²) in [5.74, 6) is 0.360. The number of sulfonamides is 1. The smallest absolute Gasteiger partial charge is 0.416 e. The predicted molar refractivity (Wildman–Crippen MR) is 142 cm³/mol. The first-order chi connectivity index (χ1) is 17.9. The Labute approximate surface area is 225 Å². The Kier molecular flexibility index (Phi) is 9.67. The lowest BCUT2D eigenvalue weighted by Gasteiger charge is -2.24. The van der Waals surface area contributed by atoms with Crippen molar-refractivity contribution in [2.45, 2.75) is 32.5 Å². The van der Waals surface area contributed by atoms with Crippen molar-refractivity contribution in [2.75, 3.05) is 23.7 Å². The van der Waals surface area contributed by atoms with Gasteiger partial charge in [0, 0.05) is 5.56 Å². The summed E-state index contributed by atoms with van der Waals surface area (Å²) in [4.78, 5) is 12.5. The third-order valence-corrected chi connectivity index (χ3v) is 7.05. The Morgan fingerprint density at radius 1 is 1.00 bits per heavy atom. The number of carbonyl (C=O) groups excluding carboxylic acids is 1. The van der Waals surface area contributed by atoms with Crippen LogP contribution in [0.2, 0.25) is 5.02 Å².